The van der Waals surface area contributed by atoms with Gasteiger partial charge in [0, 0.05) is 42.4 Å². The SMILES string of the molecule is COc1ccc(CNC(=O)NC2CCC(C(=O)NCC(C)(C)c3ccccn3)CC2)cc1. The first-order valence-corrected chi connectivity index (χ1v) is 11.2. The highest BCUT2D eigenvalue weighted by Gasteiger charge is 2.29. The van der Waals surface area contributed by atoms with Gasteiger partial charge in [-0.2, -0.15) is 0 Å². The van der Waals surface area contributed by atoms with Gasteiger partial charge in [-0.1, -0.05) is 32.0 Å². The minimum Gasteiger partial charge on any atom is -0.497 e. The van der Waals surface area contributed by atoms with Crippen molar-refractivity contribution in [2.75, 3.05) is 13.7 Å². The monoisotopic (exact) mass is 438 g/mol. The fourth-order valence-corrected chi connectivity index (χ4v) is 3.97. The molecule has 1 fully saturated rings. The number of pyridine rings is 1. The zero-order chi connectivity index (χ0) is 23.0. The van der Waals surface area contributed by atoms with Gasteiger partial charge in [-0.05, 0) is 55.5 Å². The van der Waals surface area contributed by atoms with E-state index in [4.69, 9.17) is 4.74 Å². The van der Waals surface area contributed by atoms with Gasteiger partial charge in [0.25, 0.3) is 0 Å². The molecule has 172 valence electrons. The third kappa shape index (κ3) is 6.70. The van der Waals surface area contributed by atoms with E-state index in [1.165, 1.54) is 0 Å². The summed E-state index contributed by atoms with van der Waals surface area (Å²) in [4.78, 5) is 29.3. The summed E-state index contributed by atoms with van der Waals surface area (Å²) < 4.78 is 5.14. The quantitative estimate of drug-likeness (QED) is 0.588. The van der Waals surface area contributed by atoms with Crippen molar-refractivity contribution in [1.82, 2.24) is 20.9 Å². The largest absolute Gasteiger partial charge is 0.497 e. The molecule has 1 saturated carbocycles. The van der Waals surface area contributed by atoms with Gasteiger partial charge in [-0.25, -0.2) is 4.79 Å². The highest BCUT2D eigenvalue weighted by molar-refractivity contribution is 5.79. The number of nitrogens with one attached hydrogen (secondary N) is 3. The highest BCUT2D eigenvalue weighted by Crippen LogP contribution is 2.25. The number of hydrogen-bond acceptors (Lipinski definition) is 4. The van der Waals surface area contributed by atoms with Crippen molar-refractivity contribution in [1.29, 1.82) is 0 Å². The topological polar surface area (TPSA) is 92.4 Å². The van der Waals surface area contributed by atoms with Crippen molar-refractivity contribution in [2.24, 2.45) is 5.92 Å². The lowest BCUT2D eigenvalue weighted by Crippen LogP contribution is -2.45. The molecule has 1 aliphatic carbocycles. The van der Waals surface area contributed by atoms with Gasteiger partial charge in [-0.15, -0.1) is 0 Å². The smallest absolute Gasteiger partial charge is 0.315 e. The van der Waals surface area contributed by atoms with Crippen LogP contribution in [-0.4, -0.2) is 36.6 Å². The fourth-order valence-electron chi connectivity index (χ4n) is 3.97. The van der Waals surface area contributed by atoms with Crippen LogP contribution in [0.4, 0.5) is 4.79 Å². The Labute approximate surface area is 190 Å². The molecule has 1 aliphatic rings. The second-order valence-corrected chi connectivity index (χ2v) is 9.04. The predicted octanol–water partition coefficient (Wildman–Crippen LogP) is 3.54. The molecule has 3 amide bonds. The van der Waals surface area contributed by atoms with Gasteiger partial charge in [0.15, 0.2) is 0 Å². The molecular formula is C25H34N4O3. The molecule has 0 spiro atoms. The Morgan fingerprint density at radius 3 is 2.38 bits per heavy atom. The number of urea groups is 1. The average molecular weight is 439 g/mol. The van der Waals surface area contributed by atoms with Crippen molar-refractivity contribution in [2.45, 2.75) is 57.5 Å². The van der Waals surface area contributed by atoms with E-state index in [9.17, 15) is 9.59 Å². The minimum atomic E-state index is -0.225. The molecule has 1 aromatic heterocycles. The molecule has 2 aromatic rings. The zero-order valence-corrected chi connectivity index (χ0v) is 19.2. The Hall–Kier alpha value is -3.09. The van der Waals surface area contributed by atoms with Gasteiger partial charge < -0.3 is 20.7 Å². The molecule has 3 rings (SSSR count). The van der Waals surface area contributed by atoms with Crippen LogP contribution in [0.25, 0.3) is 0 Å². The molecule has 0 aliphatic heterocycles. The van der Waals surface area contributed by atoms with Crippen LogP contribution in [0.1, 0.15) is 50.8 Å². The molecular weight excluding hydrogens is 404 g/mol. The van der Waals surface area contributed by atoms with Gasteiger partial charge in [0.05, 0.1) is 7.11 Å². The summed E-state index contributed by atoms with van der Waals surface area (Å²) >= 11 is 0. The predicted molar refractivity (Wildman–Crippen MR) is 124 cm³/mol. The van der Waals surface area contributed by atoms with Crippen LogP contribution in [0, 0.1) is 5.92 Å². The van der Waals surface area contributed by atoms with Crippen molar-refractivity contribution in [3.63, 3.8) is 0 Å². The van der Waals surface area contributed by atoms with Gasteiger partial charge >= 0.3 is 6.03 Å². The molecule has 7 heteroatoms. The van der Waals surface area contributed by atoms with E-state index in [0.717, 1.165) is 42.7 Å². The summed E-state index contributed by atoms with van der Waals surface area (Å²) in [5.41, 5.74) is 1.75. The maximum absolute atomic E-state index is 12.7. The first-order valence-electron chi connectivity index (χ1n) is 11.2. The van der Waals surface area contributed by atoms with Gasteiger partial charge in [-0.3, -0.25) is 9.78 Å². The summed E-state index contributed by atoms with van der Waals surface area (Å²) in [7, 11) is 1.63. The summed E-state index contributed by atoms with van der Waals surface area (Å²) in [6.45, 7) is 5.18. The van der Waals surface area contributed by atoms with Crippen LogP contribution in [0.15, 0.2) is 48.7 Å². The number of ether oxygens (including phenoxy) is 1. The molecule has 3 N–H and O–H groups in total. The number of carbonyl (C=O) groups excluding carboxylic acids is 2. The summed E-state index contributed by atoms with van der Waals surface area (Å²) in [5, 5.41) is 9.03. The second-order valence-electron chi connectivity index (χ2n) is 9.04. The van der Waals surface area contributed by atoms with Crippen molar-refractivity contribution < 1.29 is 14.3 Å². The molecule has 0 radical (unpaired) electrons. The molecule has 7 nitrogen and oxygen atoms in total. The van der Waals surface area contributed by atoms with Crippen LogP contribution < -0.4 is 20.7 Å². The first-order chi connectivity index (χ1) is 15.4. The van der Waals surface area contributed by atoms with E-state index in [1.807, 2.05) is 42.5 Å². The van der Waals surface area contributed by atoms with Crippen molar-refractivity contribution in [3.05, 3.63) is 59.9 Å². The normalized spacial score (nSPS) is 18.5. The first kappa shape index (κ1) is 23.6. The summed E-state index contributed by atoms with van der Waals surface area (Å²) in [5.74, 6) is 0.880. The van der Waals surface area contributed by atoms with Crippen molar-refractivity contribution >= 4 is 11.9 Å². The molecule has 1 heterocycles. The van der Waals surface area contributed by atoms with Crippen molar-refractivity contribution in [3.8, 4) is 5.75 Å². The Bertz CT molecular complexity index is 876. The number of carbonyl (C=O) groups is 2. The zero-order valence-electron chi connectivity index (χ0n) is 19.2. The van der Waals surface area contributed by atoms with Crippen LogP contribution in [0.2, 0.25) is 0 Å². The summed E-state index contributed by atoms with van der Waals surface area (Å²) in [6, 6.07) is 13.4. The number of aromatic nitrogens is 1. The van der Waals surface area contributed by atoms with E-state index in [-0.39, 0.29) is 29.3 Å². The van der Waals surface area contributed by atoms with Crippen LogP contribution in [-0.2, 0) is 16.8 Å². The number of nitrogens with zero attached hydrogens (tertiary/aromatic N) is 1. The minimum absolute atomic E-state index is 0.00468. The highest BCUT2D eigenvalue weighted by atomic mass is 16.5. The maximum atomic E-state index is 12.7. The lowest BCUT2D eigenvalue weighted by molar-refractivity contribution is -0.126. The number of benzene rings is 1. The number of amides is 3. The third-order valence-corrected chi connectivity index (χ3v) is 6.11. The van der Waals surface area contributed by atoms with E-state index in [0.29, 0.717) is 13.1 Å². The van der Waals surface area contributed by atoms with E-state index in [1.54, 1.807) is 13.3 Å². The maximum Gasteiger partial charge on any atom is 0.315 e. The Kier molecular flexibility index (Phi) is 8.09. The molecule has 0 atom stereocenters. The Balaban J connectivity index is 1.36. The average Bonchev–Trinajstić information content (AvgIpc) is 2.82. The van der Waals surface area contributed by atoms with Crippen LogP contribution in [0.3, 0.4) is 0 Å². The van der Waals surface area contributed by atoms with Gasteiger partial charge in [0.1, 0.15) is 5.75 Å². The lowest BCUT2D eigenvalue weighted by Gasteiger charge is -2.30. The number of rotatable bonds is 8. The van der Waals surface area contributed by atoms with Crippen LogP contribution >= 0.6 is 0 Å². The van der Waals surface area contributed by atoms with Crippen LogP contribution in [0.5, 0.6) is 5.75 Å². The number of hydrogen-bond donors (Lipinski definition) is 3. The molecule has 0 saturated heterocycles. The fraction of sp³-hybridized carbons (Fsp3) is 0.480. The van der Waals surface area contributed by atoms with Gasteiger partial charge in [0.2, 0.25) is 5.91 Å². The second kappa shape index (κ2) is 11.0. The van der Waals surface area contributed by atoms with E-state index in [2.05, 4.69) is 34.8 Å². The molecule has 1 aromatic carbocycles. The third-order valence-electron chi connectivity index (χ3n) is 6.11. The molecule has 0 bridgehead atoms. The molecule has 32 heavy (non-hydrogen) atoms. The Morgan fingerprint density at radius 2 is 1.75 bits per heavy atom. The van der Waals surface area contributed by atoms with E-state index >= 15 is 0 Å². The number of methoxy groups -OCH3 is 1. The lowest BCUT2D eigenvalue weighted by atomic mass is 9.84. The molecule has 0 unspecified atom stereocenters. The Morgan fingerprint density at radius 1 is 1.03 bits per heavy atom. The van der Waals surface area contributed by atoms with E-state index < -0.39 is 0 Å². The standard InChI is InChI=1S/C25H34N4O3/c1-25(2,22-6-4-5-15-26-22)17-28-23(30)19-9-11-20(12-10-19)29-24(31)27-16-18-7-13-21(32-3)14-8-18/h4-8,13-15,19-20H,9-12,16-17H2,1-3H3,(H,28,30)(H2,27,29,31). The summed E-state index contributed by atoms with van der Waals surface area (Å²) in [6.07, 6.45) is 4.94.